The van der Waals surface area contributed by atoms with Gasteiger partial charge in [-0.3, -0.25) is 9.69 Å². The van der Waals surface area contributed by atoms with Crippen molar-refractivity contribution in [2.24, 2.45) is 0 Å². The zero-order valence-electron chi connectivity index (χ0n) is 16.8. The molecule has 0 aliphatic carbocycles. The van der Waals surface area contributed by atoms with E-state index < -0.39 is 0 Å². The minimum Gasteiger partial charge on any atom is -0.283 e. The molecule has 1 amide bonds. The van der Waals surface area contributed by atoms with Gasteiger partial charge in [-0.25, -0.2) is 4.98 Å². The highest BCUT2D eigenvalue weighted by atomic mass is 35.5. The third-order valence-corrected chi connectivity index (χ3v) is 7.16. The zero-order valence-corrected chi connectivity index (χ0v) is 19.2. The molecule has 0 spiro atoms. The molecular formula is C24H21ClN2OS2. The van der Waals surface area contributed by atoms with Crippen LogP contribution in [-0.4, -0.2) is 17.1 Å². The first kappa shape index (κ1) is 20.9. The van der Waals surface area contributed by atoms with Crippen LogP contribution in [0.5, 0.6) is 0 Å². The van der Waals surface area contributed by atoms with Gasteiger partial charge in [-0.05, 0) is 54.1 Å². The van der Waals surface area contributed by atoms with Gasteiger partial charge in [0.05, 0.1) is 23.2 Å². The van der Waals surface area contributed by atoms with Crippen LogP contribution in [0.15, 0.2) is 71.6 Å². The molecule has 0 N–H and O–H groups in total. The van der Waals surface area contributed by atoms with Crippen LogP contribution in [0.4, 0.5) is 5.13 Å². The highest BCUT2D eigenvalue weighted by molar-refractivity contribution is 7.98. The summed E-state index contributed by atoms with van der Waals surface area (Å²) in [6.45, 7) is 2.44. The Morgan fingerprint density at radius 1 is 1.03 bits per heavy atom. The number of hydrogen-bond acceptors (Lipinski definition) is 4. The summed E-state index contributed by atoms with van der Waals surface area (Å²) in [6, 6.07) is 22.0. The SMILES string of the molecule is CSc1ccc(CC(=O)N(Cc2ccccc2)c2nc3c(C)c(Cl)ccc3s2)cc1. The van der Waals surface area contributed by atoms with Crippen LogP contribution in [0, 0.1) is 6.92 Å². The smallest absolute Gasteiger partial charge is 0.233 e. The van der Waals surface area contributed by atoms with Gasteiger partial charge in [0.15, 0.2) is 5.13 Å². The molecule has 0 aliphatic rings. The highest BCUT2D eigenvalue weighted by Gasteiger charge is 2.21. The fraction of sp³-hybridized carbons (Fsp3) is 0.167. The van der Waals surface area contributed by atoms with Crippen molar-refractivity contribution < 1.29 is 4.79 Å². The third kappa shape index (κ3) is 4.53. The molecule has 4 rings (SSSR count). The van der Waals surface area contributed by atoms with Gasteiger partial charge in [0.25, 0.3) is 0 Å². The summed E-state index contributed by atoms with van der Waals surface area (Å²) >= 11 is 9.50. The van der Waals surface area contributed by atoms with Gasteiger partial charge in [-0.2, -0.15) is 0 Å². The van der Waals surface area contributed by atoms with Crippen molar-refractivity contribution in [1.29, 1.82) is 0 Å². The summed E-state index contributed by atoms with van der Waals surface area (Å²) in [4.78, 5) is 21.1. The van der Waals surface area contributed by atoms with E-state index in [1.165, 1.54) is 16.2 Å². The number of anilines is 1. The number of nitrogens with zero attached hydrogens (tertiary/aromatic N) is 2. The number of carbonyl (C=O) groups is 1. The molecular weight excluding hydrogens is 432 g/mol. The summed E-state index contributed by atoms with van der Waals surface area (Å²) in [5.41, 5.74) is 3.86. The number of hydrogen-bond donors (Lipinski definition) is 0. The van der Waals surface area contributed by atoms with Gasteiger partial charge in [0.1, 0.15) is 0 Å². The first-order valence-electron chi connectivity index (χ1n) is 9.58. The van der Waals surface area contributed by atoms with Crippen LogP contribution in [0.3, 0.4) is 0 Å². The molecule has 1 aromatic heterocycles. The average molecular weight is 453 g/mol. The van der Waals surface area contributed by atoms with E-state index >= 15 is 0 Å². The number of thioether (sulfide) groups is 1. The van der Waals surface area contributed by atoms with Crippen molar-refractivity contribution in [3.8, 4) is 0 Å². The Hall–Kier alpha value is -2.34. The number of rotatable bonds is 6. The number of fused-ring (bicyclic) bond motifs is 1. The number of aryl methyl sites for hydroxylation is 1. The second-order valence-corrected chi connectivity index (χ2v) is 9.30. The van der Waals surface area contributed by atoms with Crippen LogP contribution in [0.2, 0.25) is 5.02 Å². The first-order chi connectivity index (χ1) is 14.5. The average Bonchev–Trinajstić information content (AvgIpc) is 3.20. The topological polar surface area (TPSA) is 33.2 Å². The molecule has 0 bridgehead atoms. The Morgan fingerprint density at radius 2 is 1.77 bits per heavy atom. The van der Waals surface area contributed by atoms with Gasteiger partial charge in [0.2, 0.25) is 5.91 Å². The normalized spacial score (nSPS) is 11.0. The Balaban J connectivity index is 1.68. The Kier molecular flexibility index (Phi) is 6.42. The second kappa shape index (κ2) is 9.21. The van der Waals surface area contributed by atoms with Crippen molar-refractivity contribution in [2.45, 2.75) is 24.8 Å². The first-order valence-corrected chi connectivity index (χ1v) is 12.0. The van der Waals surface area contributed by atoms with Crippen molar-refractivity contribution in [3.05, 3.63) is 88.4 Å². The standard InChI is InChI=1S/C24H21ClN2OS2/c1-16-20(25)12-13-21-23(16)26-24(30-21)27(15-18-6-4-3-5-7-18)22(28)14-17-8-10-19(29-2)11-9-17/h3-13H,14-15H2,1-2H3. The van der Waals surface area contributed by atoms with E-state index in [-0.39, 0.29) is 5.91 Å². The summed E-state index contributed by atoms with van der Waals surface area (Å²) in [7, 11) is 0. The van der Waals surface area contributed by atoms with Gasteiger partial charge in [0, 0.05) is 9.92 Å². The number of carbonyl (C=O) groups excluding carboxylic acids is 1. The molecule has 30 heavy (non-hydrogen) atoms. The number of thiazole rings is 1. The predicted molar refractivity (Wildman–Crippen MR) is 129 cm³/mol. The van der Waals surface area contributed by atoms with Crippen LogP contribution < -0.4 is 4.90 Å². The second-order valence-electron chi connectivity index (χ2n) is 7.01. The number of halogens is 1. The van der Waals surface area contributed by atoms with E-state index in [0.717, 1.165) is 26.9 Å². The lowest BCUT2D eigenvalue weighted by atomic mass is 10.1. The molecule has 6 heteroatoms. The quantitative estimate of drug-likeness (QED) is 0.303. The van der Waals surface area contributed by atoms with Gasteiger partial charge >= 0.3 is 0 Å². The summed E-state index contributed by atoms with van der Waals surface area (Å²) < 4.78 is 1.03. The maximum atomic E-state index is 13.4. The number of aromatic nitrogens is 1. The molecule has 0 atom stereocenters. The minimum atomic E-state index is 0.0264. The molecule has 0 fully saturated rings. The van der Waals surface area contributed by atoms with Crippen LogP contribution in [0.25, 0.3) is 10.2 Å². The lowest BCUT2D eigenvalue weighted by Gasteiger charge is -2.20. The minimum absolute atomic E-state index is 0.0264. The predicted octanol–water partition coefficient (Wildman–Crippen LogP) is 6.76. The van der Waals surface area contributed by atoms with E-state index in [1.807, 2.05) is 67.8 Å². The van der Waals surface area contributed by atoms with E-state index in [2.05, 4.69) is 12.1 Å². The van der Waals surface area contributed by atoms with Crippen molar-refractivity contribution in [3.63, 3.8) is 0 Å². The maximum absolute atomic E-state index is 13.4. The molecule has 3 aromatic carbocycles. The van der Waals surface area contributed by atoms with Gasteiger partial charge in [-0.1, -0.05) is 65.4 Å². The summed E-state index contributed by atoms with van der Waals surface area (Å²) in [5, 5.41) is 1.39. The molecule has 1 heterocycles. The highest BCUT2D eigenvalue weighted by Crippen LogP contribution is 2.34. The zero-order chi connectivity index (χ0) is 21.1. The lowest BCUT2D eigenvalue weighted by molar-refractivity contribution is -0.118. The fourth-order valence-corrected chi connectivity index (χ4v) is 4.85. The van der Waals surface area contributed by atoms with E-state index in [9.17, 15) is 4.79 Å². The fourth-order valence-electron chi connectivity index (χ4n) is 3.25. The summed E-state index contributed by atoms with van der Waals surface area (Å²) in [5.74, 6) is 0.0264. The van der Waals surface area contributed by atoms with Crippen LogP contribution in [0.1, 0.15) is 16.7 Å². The molecule has 0 unspecified atom stereocenters. The molecule has 0 aliphatic heterocycles. The molecule has 4 aromatic rings. The molecule has 0 saturated carbocycles. The van der Waals surface area contributed by atoms with E-state index in [1.54, 1.807) is 16.7 Å². The number of amides is 1. The lowest BCUT2D eigenvalue weighted by Crippen LogP contribution is -2.31. The maximum Gasteiger partial charge on any atom is 0.233 e. The van der Waals surface area contributed by atoms with Gasteiger partial charge in [-0.15, -0.1) is 11.8 Å². The van der Waals surface area contributed by atoms with Crippen molar-refractivity contribution >= 4 is 56.0 Å². The van der Waals surface area contributed by atoms with Crippen LogP contribution in [-0.2, 0) is 17.8 Å². The van der Waals surface area contributed by atoms with Gasteiger partial charge < -0.3 is 0 Å². The van der Waals surface area contributed by atoms with Crippen molar-refractivity contribution in [2.75, 3.05) is 11.2 Å². The third-order valence-electron chi connectivity index (χ3n) is 4.97. The van der Waals surface area contributed by atoms with Crippen LogP contribution >= 0.6 is 34.7 Å². The largest absolute Gasteiger partial charge is 0.283 e. The van der Waals surface area contributed by atoms with E-state index in [4.69, 9.17) is 16.6 Å². The van der Waals surface area contributed by atoms with E-state index in [0.29, 0.717) is 23.1 Å². The Bertz CT molecular complexity index is 1170. The van der Waals surface area contributed by atoms with Crippen molar-refractivity contribution in [1.82, 2.24) is 4.98 Å². The monoisotopic (exact) mass is 452 g/mol. The Labute approximate surface area is 189 Å². The summed E-state index contributed by atoms with van der Waals surface area (Å²) in [6.07, 6.45) is 2.38. The number of benzene rings is 3. The molecule has 0 radical (unpaired) electrons. The molecule has 152 valence electrons. The Morgan fingerprint density at radius 3 is 2.47 bits per heavy atom. The molecule has 3 nitrogen and oxygen atoms in total. The molecule has 0 saturated heterocycles.